The number of nitrogens with zero attached hydrogens (tertiary/aromatic N) is 1. The van der Waals surface area contributed by atoms with Crippen molar-refractivity contribution in [1.82, 2.24) is 4.90 Å². The summed E-state index contributed by atoms with van der Waals surface area (Å²) in [7, 11) is 3.06. The Morgan fingerprint density at radius 3 is 2.27 bits per heavy atom. The summed E-state index contributed by atoms with van der Waals surface area (Å²) in [6.45, 7) is 2.05. The van der Waals surface area contributed by atoms with Crippen LogP contribution in [0.5, 0.6) is 11.5 Å². The number of aryl methyl sites for hydroxylation is 1. The van der Waals surface area contributed by atoms with Gasteiger partial charge in [-0.25, -0.2) is 0 Å². The van der Waals surface area contributed by atoms with Crippen LogP contribution >= 0.6 is 11.6 Å². The highest BCUT2D eigenvalue weighted by Gasteiger charge is 2.39. The number of benzene rings is 3. The number of amides is 2. The quantitative estimate of drug-likeness (QED) is 0.497. The molecule has 4 rings (SSSR count). The molecule has 1 aliphatic heterocycles. The summed E-state index contributed by atoms with van der Waals surface area (Å²) in [5.74, 6) is 0.210. The summed E-state index contributed by atoms with van der Waals surface area (Å²) in [4.78, 5) is 28.2. The number of carbonyl (C=O) groups is 2. The Hall–Kier alpha value is -3.77. The van der Waals surface area contributed by atoms with Gasteiger partial charge in [-0.2, -0.15) is 0 Å². The van der Waals surface area contributed by atoms with Crippen molar-refractivity contribution < 1.29 is 19.1 Å². The lowest BCUT2D eigenvalue weighted by Gasteiger charge is -2.16. The number of hydrogen-bond acceptors (Lipinski definition) is 5. The lowest BCUT2D eigenvalue weighted by atomic mass is 10.0. The van der Waals surface area contributed by atoms with Crippen molar-refractivity contribution in [3.05, 3.63) is 94.1 Å². The van der Waals surface area contributed by atoms with Gasteiger partial charge in [0.05, 0.1) is 26.3 Å². The third-order valence-electron chi connectivity index (χ3n) is 5.47. The van der Waals surface area contributed by atoms with Crippen molar-refractivity contribution in [3.8, 4) is 11.5 Å². The molecule has 0 radical (unpaired) electrons. The molecule has 7 heteroatoms. The number of anilines is 1. The maximum absolute atomic E-state index is 13.5. The lowest BCUT2D eigenvalue weighted by molar-refractivity contribution is -0.137. The minimum Gasteiger partial charge on any atom is -0.493 e. The first-order valence-electron chi connectivity index (χ1n) is 10.3. The van der Waals surface area contributed by atoms with E-state index in [0.29, 0.717) is 27.8 Å². The first-order valence-corrected chi connectivity index (χ1v) is 10.7. The van der Waals surface area contributed by atoms with E-state index in [1.807, 2.05) is 37.3 Å². The molecule has 1 heterocycles. The molecule has 3 aromatic rings. The summed E-state index contributed by atoms with van der Waals surface area (Å²) in [5, 5.41) is 3.77. The van der Waals surface area contributed by atoms with Crippen LogP contribution in [0.1, 0.15) is 16.7 Å². The molecule has 0 spiro atoms. The maximum Gasteiger partial charge on any atom is 0.278 e. The minimum atomic E-state index is -0.400. The lowest BCUT2D eigenvalue weighted by Crippen LogP contribution is -2.32. The molecule has 0 aliphatic carbocycles. The van der Waals surface area contributed by atoms with Crippen molar-refractivity contribution >= 4 is 34.7 Å². The van der Waals surface area contributed by atoms with Crippen LogP contribution in [0.15, 0.2) is 72.4 Å². The monoisotopic (exact) mass is 462 g/mol. The highest BCUT2D eigenvalue weighted by molar-refractivity contribution is 6.36. The van der Waals surface area contributed by atoms with Gasteiger partial charge in [-0.05, 0) is 53.9 Å². The Bertz CT molecular complexity index is 1250. The average Bonchev–Trinajstić information content (AvgIpc) is 3.05. The van der Waals surface area contributed by atoms with Gasteiger partial charge in [0.1, 0.15) is 5.70 Å². The molecule has 0 saturated carbocycles. The third-order valence-corrected chi connectivity index (χ3v) is 5.71. The first kappa shape index (κ1) is 22.4. The molecule has 2 amide bonds. The summed E-state index contributed by atoms with van der Waals surface area (Å²) in [6, 6.07) is 19.9. The highest BCUT2D eigenvalue weighted by atomic mass is 35.5. The number of rotatable bonds is 7. The Morgan fingerprint density at radius 2 is 1.61 bits per heavy atom. The number of imide groups is 1. The summed E-state index contributed by atoms with van der Waals surface area (Å²) < 4.78 is 10.7. The van der Waals surface area contributed by atoms with E-state index in [1.54, 1.807) is 43.5 Å². The van der Waals surface area contributed by atoms with Gasteiger partial charge >= 0.3 is 0 Å². The third kappa shape index (κ3) is 4.43. The fourth-order valence-electron chi connectivity index (χ4n) is 3.76. The zero-order valence-corrected chi connectivity index (χ0v) is 19.3. The van der Waals surface area contributed by atoms with E-state index in [2.05, 4.69) is 5.32 Å². The molecule has 6 nitrogen and oxygen atoms in total. The van der Waals surface area contributed by atoms with E-state index in [1.165, 1.54) is 12.0 Å². The molecule has 1 N–H and O–H groups in total. The molecule has 0 aromatic heterocycles. The van der Waals surface area contributed by atoms with Crippen LogP contribution in [-0.4, -0.2) is 30.9 Å². The first-order chi connectivity index (χ1) is 15.9. The van der Waals surface area contributed by atoms with Crippen molar-refractivity contribution in [2.75, 3.05) is 19.5 Å². The number of methoxy groups -OCH3 is 2. The van der Waals surface area contributed by atoms with E-state index in [-0.39, 0.29) is 23.7 Å². The van der Waals surface area contributed by atoms with Gasteiger partial charge in [0.2, 0.25) is 0 Å². The van der Waals surface area contributed by atoms with Gasteiger partial charge in [-0.15, -0.1) is 0 Å². The molecular formula is C26H23ClN2O4. The Kier molecular flexibility index (Phi) is 6.38. The number of halogens is 1. The molecule has 0 unspecified atom stereocenters. The van der Waals surface area contributed by atoms with E-state index in [0.717, 1.165) is 11.1 Å². The van der Waals surface area contributed by atoms with Crippen molar-refractivity contribution in [2.45, 2.75) is 13.5 Å². The Morgan fingerprint density at radius 1 is 0.879 bits per heavy atom. The fourth-order valence-corrected chi connectivity index (χ4v) is 3.99. The second kappa shape index (κ2) is 9.38. The van der Waals surface area contributed by atoms with Gasteiger partial charge in [0.15, 0.2) is 11.5 Å². The van der Waals surface area contributed by atoms with E-state index < -0.39 is 5.91 Å². The summed E-state index contributed by atoms with van der Waals surface area (Å²) in [5.41, 5.74) is 3.42. The zero-order valence-electron chi connectivity index (χ0n) is 18.5. The number of nitrogens with one attached hydrogen (secondary N) is 1. The predicted octanol–water partition coefficient (Wildman–Crippen LogP) is 5.06. The molecule has 1 aliphatic rings. The minimum absolute atomic E-state index is 0.167. The van der Waals surface area contributed by atoms with Crippen LogP contribution in [0.25, 0.3) is 5.57 Å². The van der Waals surface area contributed by atoms with E-state index in [9.17, 15) is 9.59 Å². The largest absolute Gasteiger partial charge is 0.493 e. The molecule has 0 bridgehead atoms. The summed E-state index contributed by atoms with van der Waals surface area (Å²) >= 11 is 6.09. The topological polar surface area (TPSA) is 67.9 Å². The fraction of sp³-hybridized carbons (Fsp3) is 0.154. The Balaban J connectivity index is 1.80. The molecule has 0 fully saturated rings. The standard InChI is InChI=1S/C26H23ClN2O4/c1-16-13-19(27)10-11-20(16)28-24-23(18-9-12-21(32-2)22(14-18)33-3)25(30)29(26(24)31)15-17-7-5-4-6-8-17/h4-14,28H,15H2,1-3H3. The second-order valence-electron chi connectivity index (χ2n) is 7.59. The second-order valence-corrected chi connectivity index (χ2v) is 8.02. The molecule has 33 heavy (non-hydrogen) atoms. The van der Waals surface area contributed by atoms with Crippen LogP contribution in [0, 0.1) is 6.92 Å². The SMILES string of the molecule is COc1ccc(C2=C(Nc3ccc(Cl)cc3C)C(=O)N(Cc3ccccc3)C2=O)cc1OC. The Labute approximate surface area is 197 Å². The zero-order chi connectivity index (χ0) is 23.5. The van der Waals surface area contributed by atoms with Crippen LogP contribution in [0.2, 0.25) is 5.02 Å². The van der Waals surface area contributed by atoms with Crippen LogP contribution in [0.3, 0.4) is 0 Å². The summed E-state index contributed by atoms with van der Waals surface area (Å²) in [6.07, 6.45) is 0. The van der Waals surface area contributed by atoms with E-state index >= 15 is 0 Å². The van der Waals surface area contributed by atoms with Crippen LogP contribution in [-0.2, 0) is 16.1 Å². The molecular weight excluding hydrogens is 440 g/mol. The van der Waals surface area contributed by atoms with Crippen molar-refractivity contribution in [2.24, 2.45) is 0 Å². The van der Waals surface area contributed by atoms with Crippen molar-refractivity contribution in [3.63, 3.8) is 0 Å². The van der Waals surface area contributed by atoms with Gasteiger partial charge in [0, 0.05) is 10.7 Å². The van der Waals surface area contributed by atoms with Gasteiger partial charge in [-0.1, -0.05) is 48.0 Å². The highest BCUT2D eigenvalue weighted by Crippen LogP contribution is 2.36. The van der Waals surface area contributed by atoms with Gasteiger partial charge in [0.25, 0.3) is 11.8 Å². The van der Waals surface area contributed by atoms with Gasteiger partial charge < -0.3 is 14.8 Å². The van der Waals surface area contributed by atoms with Crippen LogP contribution in [0.4, 0.5) is 5.69 Å². The predicted molar refractivity (Wildman–Crippen MR) is 128 cm³/mol. The molecule has 0 saturated heterocycles. The normalized spacial score (nSPS) is 13.5. The number of carbonyl (C=O) groups excluding carboxylic acids is 2. The molecule has 0 atom stereocenters. The van der Waals surface area contributed by atoms with E-state index in [4.69, 9.17) is 21.1 Å². The molecule has 3 aromatic carbocycles. The maximum atomic E-state index is 13.5. The van der Waals surface area contributed by atoms with Crippen molar-refractivity contribution in [1.29, 1.82) is 0 Å². The van der Waals surface area contributed by atoms with Gasteiger partial charge in [-0.3, -0.25) is 14.5 Å². The smallest absolute Gasteiger partial charge is 0.278 e. The average molecular weight is 463 g/mol. The number of hydrogen-bond donors (Lipinski definition) is 1. The van der Waals surface area contributed by atoms with Crippen LogP contribution < -0.4 is 14.8 Å². The molecule has 168 valence electrons. The number of ether oxygens (including phenoxy) is 2.